The first-order valence-electron chi connectivity index (χ1n) is 8.99. The van der Waals surface area contributed by atoms with Crippen LogP contribution in [0.15, 0.2) is 49.2 Å². The lowest BCUT2D eigenvalue weighted by Gasteiger charge is -2.33. The molecule has 4 nitrogen and oxygen atoms in total. The first-order valence-corrected chi connectivity index (χ1v) is 10.2. The van der Waals surface area contributed by atoms with Crippen LogP contribution in [-0.2, 0) is 18.4 Å². The Morgan fingerprint density at radius 2 is 2.10 bits per heavy atom. The van der Waals surface area contributed by atoms with Crippen molar-refractivity contribution in [2.45, 2.75) is 18.9 Å². The van der Waals surface area contributed by atoms with Gasteiger partial charge in [-0.3, -0.25) is 9.48 Å². The molecule has 3 heterocycles. The number of carbonyl (C=O) groups is 1. The van der Waals surface area contributed by atoms with Gasteiger partial charge in [-0.15, -0.1) is 11.3 Å². The summed E-state index contributed by atoms with van der Waals surface area (Å²) in [7, 11) is 1.62. The number of fused-ring (bicyclic) bond motifs is 1. The first kappa shape index (κ1) is 19.8. The van der Waals surface area contributed by atoms with Crippen LogP contribution >= 0.6 is 22.9 Å². The highest BCUT2D eigenvalue weighted by Crippen LogP contribution is 2.43. The fourth-order valence-electron chi connectivity index (χ4n) is 3.87. The maximum Gasteiger partial charge on any atom is 0.282 e. The predicted molar refractivity (Wildman–Crippen MR) is 110 cm³/mol. The number of rotatable bonds is 4. The van der Waals surface area contributed by atoms with E-state index in [1.54, 1.807) is 18.1 Å². The molecule has 3 aromatic rings. The van der Waals surface area contributed by atoms with Gasteiger partial charge >= 0.3 is 0 Å². The van der Waals surface area contributed by atoms with E-state index in [0.717, 1.165) is 16.0 Å². The van der Waals surface area contributed by atoms with Crippen LogP contribution in [0.3, 0.4) is 0 Å². The van der Waals surface area contributed by atoms with Crippen molar-refractivity contribution in [3.8, 4) is 11.1 Å². The second-order valence-corrected chi connectivity index (χ2v) is 8.66. The van der Waals surface area contributed by atoms with Gasteiger partial charge in [-0.1, -0.05) is 42.4 Å². The van der Waals surface area contributed by atoms with E-state index in [-0.39, 0.29) is 17.5 Å². The molecule has 1 amide bonds. The van der Waals surface area contributed by atoms with Crippen molar-refractivity contribution in [3.63, 3.8) is 0 Å². The molecule has 8 heteroatoms. The van der Waals surface area contributed by atoms with E-state index in [0.29, 0.717) is 28.6 Å². The lowest BCUT2D eigenvalue weighted by Crippen LogP contribution is -2.37. The number of nitrogens with zero attached hydrogens (tertiary/aromatic N) is 3. The number of amides is 1. The van der Waals surface area contributed by atoms with Crippen molar-refractivity contribution < 1.29 is 13.6 Å². The third kappa shape index (κ3) is 3.60. The number of aromatic nitrogens is 2. The molecule has 0 N–H and O–H groups in total. The molecule has 0 aliphatic carbocycles. The molecule has 0 saturated carbocycles. The van der Waals surface area contributed by atoms with Crippen LogP contribution in [0.1, 0.15) is 34.0 Å². The fraction of sp³-hybridized carbons (Fsp3) is 0.238. The van der Waals surface area contributed by atoms with Gasteiger partial charge in [0, 0.05) is 36.1 Å². The van der Waals surface area contributed by atoms with Crippen LogP contribution < -0.4 is 0 Å². The molecule has 0 bridgehead atoms. The fourth-order valence-corrected chi connectivity index (χ4v) is 5.22. The zero-order chi connectivity index (χ0) is 20.7. The van der Waals surface area contributed by atoms with Crippen LogP contribution in [0.5, 0.6) is 0 Å². The topological polar surface area (TPSA) is 38.1 Å². The molecule has 150 valence electrons. The van der Waals surface area contributed by atoms with Crippen molar-refractivity contribution in [1.82, 2.24) is 14.7 Å². The monoisotopic (exact) mass is 433 g/mol. The Hall–Kier alpha value is -2.51. The van der Waals surface area contributed by atoms with Gasteiger partial charge < -0.3 is 4.90 Å². The van der Waals surface area contributed by atoms with Crippen molar-refractivity contribution in [2.75, 3.05) is 6.54 Å². The summed E-state index contributed by atoms with van der Waals surface area (Å²) in [6.07, 6.45) is 0.215. The van der Waals surface area contributed by atoms with E-state index in [1.165, 1.54) is 22.1 Å². The van der Waals surface area contributed by atoms with Crippen molar-refractivity contribution >= 4 is 28.8 Å². The number of benzene rings is 1. The Morgan fingerprint density at radius 3 is 2.83 bits per heavy atom. The predicted octanol–water partition coefficient (Wildman–Crippen LogP) is 5.40. The molecule has 1 aliphatic heterocycles. The van der Waals surface area contributed by atoms with E-state index >= 15 is 0 Å². The summed E-state index contributed by atoms with van der Waals surface area (Å²) in [5, 5.41) is 3.95. The second-order valence-electron chi connectivity index (χ2n) is 6.89. The second kappa shape index (κ2) is 7.72. The molecule has 0 spiro atoms. The Labute approximate surface area is 176 Å². The van der Waals surface area contributed by atoms with Crippen LogP contribution in [0.2, 0.25) is 4.34 Å². The lowest BCUT2D eigenvalue weighted by atomic mass is 9.84. The largest absolute Gasteiger partial charge is 0.333 e. The molecule has 1 aromatic carbocycles. The van der Waals surface area contributed by atoms with E-state index < -0.39 is 6.43 Å². The third-order valence-corrected chi connectivity index (χ3v) is 6.37. The number of carbonyl (C=O) groups excluding carboxylic acids is 1. The Kier molecular flexibility index (Phi) is 5.27. The van der Waals surface area contributed by atoms with E-state index in [2.05, 4.69) is 11.7 Å². The highest BCUT2D eigenvalue weighted by atomic mass is 35.5. The highest BCUT2D eigenvalue weighted by Gasteiger charge is 2.32. The van der Waals surface area contributed by atoms with Crippen LogP contribution in [0.4, 0.5) is 8.78 Å². The summed E-state index contributed by atoms with van der Waals surface area (Å²) in [4.78, 5) is 15.0. The number of alkyl halides is 2. The smallest absolute Gasteiger partial charge is 0.282 e. The average Bonchev–Trinajstić information content (AvgIpc) is 3.28. The van der Waals surface area contributed by atoms with Gasteiger partial charge in [0.05, 0.1) is 10.9 Å². The van der Waals surface area contributed by atoms with Crippen molar-refractivity contribution in [3.05, 3.63) is 75.2 Å². The number of thiophene rings is 1. The molecule has 4 rings (SSSR count). The Balaban J connectivity index is 1.87. The molecule has 1 aliphatic rings. The lowest BCUT2D eigenvalue weighted by molar-refractivity contribution is -0.127. The van der Waals surface area contributed by atoms with E-state index in [9.17, 15) is 13.6 Å². The molecule has 1 atom stereocenters. The molecule has 2 aromatic heterocycles. The molecule has 0 fully saturated rings. The number of aryl methyl sites for hydroxylation is 1. The first-order chi connectivity index (χ1) is 13.9. The number of halogens is 3. The standard InChI is InChI=1S/C21H18ClF2N3OS/c1-3-19(28)27-10-15(14-8-18(22)29-17(14)11-27)12-6-4-5-7-13(12)16-9-26(2)25-20(16)21(23)24/h3-9,15,21H,1,10-11H2,2H3/t15-/m1/s1. The van der Waals surface area contributed by atoms with Gasteiger partial charge in [0.25, 0.3) is 6.43 Å². The number of hydrogen-bond donors (Lipinski definition) is 0. The van der Waals surface area contributed by atoms with Crippen LogP contribution in [-0.4, -0.2) is 27.1 Å². The van der Waals surface area contributed by atoms with Gasteiger partial charge in [-0.05, 0) is 28.8 Å². The minimum Gasteiger partial charge on any atom is -0.333 e. The van der Waals surface area contributed by atoms with Gasteiger partial charge in [0.15, 0.2) is 0 Å². The minimum atomic E-state index is -2.68. The third-order valence-electron chi connectivity index (χ3n) is 5.10. The van der Waals surface area contributed by atoms with Crippen LogP contribution in [0, 0.1) is 0 Å². The molecule has 0 unspecified atom stereocenters. The Bertz CT molecular complexity index is 1090. The molecule has 29 heavy (non-hydrogen) atoms. The van der Waals surface area contributed by atoms with Gasteiger partial charge in [-0.25, -0.2) is 8.78 Å². The van der Waals surface area contributed by atoms with Crippen molar-refractivity contribution in [2.24, 2.45) is 7.05 Å². The maximum atomic E-state index is 13.6. The highest BCUT2D eigenvalue weighted by molar-refractivity contribution is 7.16. The molecular weight excluding hydrogens is 416 g/mol. The summed E-state index contributed by atoms with van der Waals surface area (Å²) in [5.74, 6) is -0.356. The van der Waals surface area contributed by atoms with Gasteiger partial charge in [0.1, 0.15) is 5.69 Å². The zero-order valence-electron chi connectivity index (χ0n) is 15.6. The zero-order valence-corrected chi connectivity index (χ0v) is 17.2. The SMILES string of the molecule is C=CC(=O)N1Cc2sc(Cl)cc2[C@@H](c2ccccc2-c2cn(C)nc2C(F)F)C1. The van der Waals surface area contributed by atoms with Crippen molar-refractivity contribution in [1.29, 1.82) is 0 Å². The average molecular weight is 434 g/mol. The van der Waals surface area contributed by atoms with Gasteiger partial charge in [0.2, 0.25) is 5.91 Å². The quantitative estimate of drug-likeness (QED) is 0.517. The molecular formula is C21H18ClF2N3OS. The summed E-state index contributed by atoms with van der Waals surface area (Å²) in [5.41, 5.74) is 2.72. The van der Waals surface area contributed by atoms with E-state index in [4.69, 9.17) is 11.6 Å². The number of hydrogen-bond acceptors (Lipinski definition) is 3. The molecule has 0 radical (unpaired) electrons. The normalized spacial score (nSPS) is 16.2. The summed E-state index contributed by atoms with van der Waals surface area (Å²) >= 11 is 7.71. The van der Waals surface area contributed by atoms with Gasteiger partial charge in [-0.2, -0.15) is 5.10 Å². The summed E-state index contributed by atoms with van der Waals surface area (Å²) in [6, 6.07) is 9.34. The Morgan fingerprint density at radius 1 is 1.34 bits per heavy atom. The minimum absolute atomic E-state index is 0.169. The summed E-state index contributed by atoms with van der Waals surface area (Å²) < 4.78 is 29.2. The summed E-state index contributed by atoms with van der Waals surface area (Å²) in [6.45, 7) is 4.47. The van der Waals surface area contributed by atoms with Crippen LogP contribution in [0.25, 0.3) is 11.1 Å². The maximum absolute atomic E-state index is 13.6. The van der Waals surface area contributed by atoms with E-state index in [1.807, 2.05) is 30.3 Å². The molecule has 0 saturated heterocycles.